The number of aryl methyl sites for hydroxylation is 1. The van der Waals surface area contributed by atoms with Crippen molar-refractivity contribution in [3.8, 4) is 28.7 Å². The lowest BCUT2D eigenvalue weighted by Crippen LogP contribution is -2.26. The van der Waals surface area contributed by atoms with Crippen molar-refractivity contribution in [2.75, 3.05) is 21.3 Å². The molecule has 0 aliphatic rings. The highest BCUT2D eigenvalue weighted by Gasteiger charge is 2.17. The van der Waals surface area contributed by atoms with Crippen LogP contribution in [-0.4, -0.2) is 32.4 Å². The zero-order chi connectivity index (χ0) is 20.6. The summed E-state index contributed by atoms with van der Waals surface area (Å²) in [4.78, 5) is 4.60. The fourth-order valence-corrected chi connectivity index (χ4v) is 3.13. The zero-order valence-corrected chi connectivity index (χ0v) is 17.4. The number of aromatic nitrogens is 1. The molecule has 0 fully saturated rings. The van der Waals surface area contributed by atoms with Crippen molar-refractivity contribution in [1.29, 1.82) is 0 Å². The number of hydrogen-bond acceptors (Lipinski definition) is 6. The van der Waals surface area contributed by atoms with Crippen LogP contribution in [0.2, 0.25) is 0 Å². The Morgan fingerprint density at radius 2 is 1.69 bits per heavy atom. The van der Waals surface area contributed by atoms with Gasteiger partial charge in [-0.15, -0.1) is 0 Å². The molecule has 2 aromatic carbocycles. The molecule has 0 aliphatic heterocycles. The highest BCUT2D eigenvalue weighted by molar-refractivity contribution is 5.65. The van der Waals surface area contributed by atoms with E-state index in [-0.39, 0.29) is 0 Å². The van der Waals surface area contributed by atoms with Gasteiger partial charge in [0.15, 0.2) is 11.5 Å². The van der Waals surface area contributed by atoms with Crippen LogP contribution < -0.4 is 19.5 Å². The monoisotopic (exact) mass is 396 g/mol. The maximum Gasteiger partial charge on any atom is 0.226 e. The highest BCUT2D eigenvalue weighted by Crippen LogP contribution is 2.40. The van der Waals surface area contributed by atoms with E-state index in [2.05, 4.69) is 41.5 Å². The van der Waals surface area contributed by atoms with Gasteiger partial charge in [-0.3, -0.25) is 0 Å². The Balaban J connectivity index is 1.62. The van der Waals surface area contributed by atoms with E-state index in [1.165, 1.54) is 5.56 Å². The molecule has 0 radical (unpaired) electrons. The van der Waals surface area contributed by atoms with Crippen LogP contribution >= 0.6 is 0 Å². The second-order valence-corrected chi connectivity index (χ2v) is 6.86. The minimum absolute atomic E-state index is 0.372. The van der Waals surface area contributed by atoms with E-state index < -0.39 is 0 Å². The Morgan fingerprint density at radius 1 is 1.00 bits per heavy atom. The van der Waals surface area contributed by atoms with Gasteiger partial charge in [-0.1, -0.05) is 30.3 Å². The maximum absolute atomic E-state index is 5.68. The van der Waals surface area contributed by atoms with Crippen molar-refractivity contribution in [2.45, 2.75) is 32.4 Å². The molecular weight excluding hydrogens is 368 g/mol. The lowest BCUT2D eigenvalue weighted by atomic mass is 10.1. The van der Waals surface area contributed by atoms with Crippen molar-refractivity contribution < 1.29 is 18.6 Å². The molecule has 0 spiro atoms. The Bertz CT molecular complexity index is 883. The second-order valence-electron chi connectivity index (χ2n) is 6.86. The second kappa shape index (κ2) is 9.98. The Labute approximate surface area is 171 Å². The Hall–Kier alpha value is -2.99. The first-order valence-electron chi connectivity index (χ1n) is 9.66. The summed E-state index contributed by atoms with van der Waals surface area (Å²) in [5, 5.41) is 3.51. The summed E-state index contributed by atoms with van der Waals surface area (Å²) >= 11 is 0. The van der Waals surface area contributed by atoms with Gasteiger partial charge in [-0.2, -0.15) is 0 Å². The van der Waals surface area contributed by atoms with Gasteiger partial charge in [0.25, 0.3) is 0 Å². The minimum atomic E-state index is 0.372. The average molecular weight is 396 g/mol. The number of nitrogens with zero attached hydrogens (tertiary/aromatic N) is 1. The summed E-state index contributed by atoms with van der Waals surface area (Å²) in [5.74, 6) is 2.18. The van der Waals surface area contributed by atoms with Gasteiger partial charge in [0.2, 0.25) is 11.6 Å². The summed E-state index contributed by atoms with van der Waals surface area (Å²) in [5.41, 5.74) is 2.97. The predicted octanol–water partition coefficient (Wildman–Crippen LogP) is 4.48. The lowest BCUT2D eigenvalue weighted by Gasteiger charge is -2.13. The van der Waals surface area contributed by atoms with E-state index in [0.29, 0.717) is 35.7 Å². The fraction of sp³-hybridized carbons (Fsp3) is 0.348. The van der Waals surface area contributed by atoms with Crippen LogP contribution in [0.4, 0.5) is 0 Å². The van der Waals surface area contributed by atoms with E-state index in [1.54, 1.807) is 27.6 Å². The minimum Gasteiger partial charge on any atom is -0.493 e. The van der Waals surface area contributed by atoms with Gasteiger partial charge in [-0.25, -0.2) is 4.98 Å². The van der Waals surface area contributed by atoms with Crippen molar-refractivity contribution in [1.82, 2.24) is 10.3 Å². The van der Waals surface area contributed by atoms with Crippen LogP contribution in [0.25, 0.3) is 11.5 Å². The lowest BCUT2D eigenvalue weighted by molar-refractivity contribution is 0.324. The molecule has 1 heterocycles. The number of methoxy groups -OCH3 is 3. The number of hydrogen-bond donors (Lipinski definition) is 1. The van der Waals surface area contributed by atoms with Crippen LogP contribution in [0.5, 0.6) is 17.2 Å². The van der Waals surface area contributed by atoms with Crippen LogP contribution in [0, 0.1) is 0 Å². The van der Waals surface area contributed by atoms with Crippen molar-refractivity contribution >= 4 is 0 Å². The summed E-state index contributed by atoms with van der Waals surface area (Å²) in [6.45, 7) is 2.83. The van der Waals surface area contributed by atoms with Crippen molar-refractivity contribution in [3.63, 3.8) is 0 Å². The molecule has 3 rings (SSSR count). The quantitative estimate of drug-likeness (QED) is 0.545. The molecule has 0 saturated carbocycles. The fourth-order valence-electron chi connectivity index (χ4n) is 3.13. The molecule has 6 nitrogen and oxygen atoms in total. The van der Waals surface area contributed by atoms with Gasteiger partial charge in [0.1, 0.15) is 6.26 Å². The first kappa shape index (κ1) is 20.7. The number of rotatable bonds is 10. The molecule has 0 aliphatic carbocycles. The number of ether oxygens (including phenoxy) is 3. The largest absolute Gasteiger partial charge is 0.493 e. The molecule has 0 amide bonds. The van der Waals surface area contributed by atoms with Gasteiger partial charge < -0.3 is 23.9 Å². The smallest absolute Gasteiger partial charge is 0.226 e. The topological polar surface area (TPSA) is 65.8 Å². The molecule has 154 valence electrons. The molecular formula is C23H28N2O4. The Kier molecular flexibility index (Phi) is 7.14. The number of benzene rings is 2. The van der Waals surface area contributed by atoms with E-state index in [1.807, 2.05) is 18.2 Å². The van der Waals surface area contributed by atoms with Gasteiger partial charge in [0, 0.05) is 18.2 Å². The molecule has 3 aromatic rings. The van der Waals surface area contributed by atoms with Crippen molar-refractivity contribution in [3.05, 3.63) is 60.0 Å². The van der Waals surface area contributed by atoms with Gasteiger partial charge in [0.05, 0.1) is 27.0 Å². The number of oxazole rings is 1. The van der Waals surface area contributed by atoms with E-state index >= 15 is 0 Å². The van der Waals surface area contributed by atoms with E-state index in [9.17, 15) is 0 Å². The van der Waals surface area contributed by atoms with Crippen LogP contribution in [0.3, 0.4) is 0 Å². The molecule has 0 saturated heterocycles. The first-order valence-corrected chi connectivity index (χ1v) is 9.66. The summed E-state index contributed by atoms with van der Waals surface area (Å²) in [7, 11) is 4.75. The van der Waals surface area contributed by atoms with Crippen LogP contribution in [0.15, 0.2) is 53.1 Å². The third-order valence-corrected chi connectivity index (χ3v) is 4.80. The molecule has 6 heteroatoms. The predicted molar refractivity (Wildman–Crippen MR) is 113 cm³/mol. The molecule has 1 aromatic heterocycles. The Morgan fingerprint density at radius 3 is 2.31 bits per heavy atom. The average Bonchev–Trinajstić information content (AvgIpc) is 3.25. The van der Waals surface area contributed by atoms with Crippen LogP contribution in [-0.2, 0) is 13.0 Å². The van der Waals surface area contributed by atoms with E-state index in [0.717, 1.165) is 24.1 Å². The third kappa shape index (κ3) is 5.29. The SMILES string of the molecule is COc1cc(-c2nc(CNC(C)CCc3ccccc3)co2)cc(OC)c1OC. The normalized spacial score (nSPS) is 11.9. The maximum atomic E-state index is 5.68. The van der Waals surface area contributed by atoms with E-state index in [4.69, 9.17) is 18.6 Å². The van der Waals surface area contributed by atoms with Crippen LogP contribution in [0.1, 0.15) is 24.6 Å². The number of nitrogens with one attached hydrogen (secondary N) is 1. The van der Waals surface area contributed by atoms with Gasteiger partial charge >= 0.3 is 0 Å². The zero-order valence-electron chi connectivity index (χ0n) is 17.4. The highest BCUT2D eigenvalue weighted by atomic mass is 16.5. The molecule has 1 atom stereocenters. The first-order chi connectivity index (χ1) is 14.1. The summed E-state index contributed by atoms with van der Waals surface area (Å²) in [6.07, 6.45) is 3.78. The molecule has 29 heavy (non-hydrogen) atoms. The summed E-state index contributed by atoms with van der Waals surface area (Å²) in [6, 6.07) is 14.5. The van der Waals surface area contributed by atoms with Crippen molar-refractivity contribution in [2.24, 2.45) is 0 Å². The van der Waals surface area contributed by atoms with Gasteiger partial charge in [-0.05, 0) is 37.5 Å². The standard InChI is InChI=1S/C23H28N2O4/c1-16(10-11-17-8-6-5-7-9-17)24-14-19-15-29-23(25-19)18-12-20(26-2)22(28-4)21(13-18)27-3/h5-9,12-13,15-16,24H,10-11,14H2,1-4H3. The summed E-state index contributed by atoms with van der Waals surface area (Å²) < 4.78 is 21.9. The molecule has 1 unspecified atom stereocenters. The third-order valence-electron chi connectivity index (χ3n) is 4.80. The molecule has 0 bridgehead atoms. The molecule has 1 N–H and O–H groups in total.